The Kier molecular flexibility index (Phi) is 5.10. The SMILES string of the molecule is C=Cc1c(/C=C\C)c2ccccc2n1-c1cccc2c1c1ccccc1n2-c1ccc2c(c1)sc1ccccc12. The molecule has 3 heterocycles. The second-order valence-corrected chi connectivity index (χ2v) is 11.2. The molecule has 0 spiro atoms. The summed E-state index contributed by atoms with van der Waals surface area (Å²) in [5.41, 5.74) is 8.23. The van der Waals surface area contributed by atoms with Crippen LogP contribution in [0.5, 0.6) is 0 Å². The quantitative estimate of drug-likeness (QED) is 0.214. The summed E-state index contributed by atoms with van der Waals surface area (Å²) in [5, 5.41) is 6.35. The first-order valence-electron chi connectivity index (χ1n) is 13.6. The minimum absolute atomic E-state index is 1.11. The Morgan fingerprint density at radius 1 is 0.625 bits per heavy atom. The summed E-state index contributed by atoms with van der Waals surface area (Å²) in [6, 6.07) is 39.7. The summed E-state index contributed by atoms with van der Waals surface area (Å²) >= 11 is 1.86. The van der Waals surface area contributed by atoms with Crippen LogP contribution in [-0.4, -0.2) is 9.13 Å². The van der Waals surface area contributed by atoms with E-state index in [2.05, 4.69) is 144 Å². The van der Waals surface area contributed by atoms with Crippen LogP contribution in [0.4, 0.5) is 0 Å². The first-order chi connectivity index (χ1) is 19.8. The fourth-order valence-electron chi connectivity index (χ4n) is 6.41. The molecule has 8 rings (SSSR count). The van der Waals surface area contributed by atoms with Crippen LogP contribution in [0.15, 0.2) is 122 Å². The molecule has 3 aromatic heterocycles. The van der Waals surface area contributed by atoms with Crippen LogP contribution in [0.3, 0.4) is 0 Å². The standard InChI is InChI=1S/C37H26N2S/c1-3-12-25-26-13-5-8-16-31(26)39(30(25)4-2)34-19-11-18-33-37(34)29-15-6-9-17-32(29)38(33)24-21-22-28-27-14-7-10-20-35(27)40-36(28)23-24/h3-23H,2H2,1H3/b12-3-. The van der Waals surface area contributed by atoms with Gasteiger partial charge in [0.05, 0.1) is 27.9 Å². The van der Waals surface area contributed by atoms with Crippen molar-refractivity contribution in [2.24, 2.45) is 0 Å². The van der Waals surface area contributed by atoms with Crippen molar-refractivity contribution in [3.8, 4) is 11.4 Å². The van der Waals surface area contributed by atoms with E-state index in [1.54, 1.807) is 0 Å². The second kappa shape index (κ2) is 8.84. The maximum atomic E-state index is 4.24. The lowest BCUT2D eigenvalue weighted by Gasteiger charge is -2.12. The van der Waals surface area contributed by atoms with E-state index >= 15 is 0 Å². The number of benzene rings is 5. The third-order valence-corrected chi connectivity index (χ3v) is 9.15. The number of rotatable bonds is 4. The summed E-state index contributed by atoms with van der Waals surface area (Å²) in [7, 11) is 0. The third kappa shape index (κ3) is 3.16. The Bertz CT molecular complexity index is 2300. The number of thiophene rings is 1. The van der Waals surface area contributed by atoms with E-state index < -0.39 is 0 Å². The average molecular weight is 531 g/mol. The van der Waals surface area contributed by atoms with Gasteiger partial charge in [-0.15, -0.1) is 11.3 Å². The molecule has 0 saturated heterocycles. The normalized spacial score (nSPS) is 12.1. The Morgan fingerprint density at radius 3 is 2.10 bits per heavy atom. The van der Waals surface area contributed by atoms with Gasteiger partial charge in [0, 0.05) is 47.6 Å². The molecule has 40 heavy (non-hydrogen) atoms. The van der Waals surface area contributed by atoms with Crippen LogP contribution in [0.1, 0.15) is 18.2 Å². The van der Waals surface area contributed by atoms with Crippen molar-refractivity contribution in [1.29, 1.82) is 0 Å². The fraction of sp³-hybridized carbons (Fsp3) is 0.0270. The summed E-state index contributed by atoms with van der Waals surface area (Å²) in [4.78, 5) is 0. The zero-order valence-corrected chi connectivity index (χ0v) is 23.0. The minimum Gasteiger partial charge on any atom is -0.309 e. The van der Waals surface area contributed by atoms with Crippen LogP contribution >= 0.6 is 11.3 Å². The summed E-state index contributed by atoms with van der Waals surface area (Å²) in [5.74, 6) is 0. The number of hydrogen-bond acceptors (Lipinski definition) is 1. The third-order valence-electron chi connectivity index (χ3n) is 8.02. The summed E-state index contributed by atoms with van der Waals surface area (Å²) in [6.07, 6.45) is 6.29. The molecule has 3 heteroatoms. The minimum atomic E-state index is 1.11. The molecule has 8 aromatic rings. The molecule has 0 aliphatic heterocycles. The lowest BCUT2D eigenvalue weighted by atomic mass is 10.1. The van der Waals surface area contributed by atoms with E-state index in [-0.39, 0.29) is 0 Å². The number of nitrogens with zero attached hydrogens (tertiary/aromatic N) is 2. The van der Waals surface area contributed by atoms with Gasteiger partial charge < -0.3 is 9.13 Å². The molecule has 0 aliphatic rings. The van der Waals surface area contributed by atoms with Gasteiger partial charge in [-0.05, 0) is 55.5 Å². The van der Waals surface area contributed by atoms with Gasteiger partial charge in [-0.1, -0.05) is 85.5 Å². The monoisotopic (exact) mass is 530 g/mol. The van der Waals surface area contributed by atoms with E-state index in [1.165, 1.54) is 64.1 Å². The Labute approximate surface area is 236 Å². The van der Waals surface area contributed by atoms with E-state index in [0.717, 1.165) is 11.4 Å². The van der Waals surface area contributed by atoms with Gasteiger partial charge in [-0.3, -0.25) is 0 Å². The molecule has 0 N–H and O–H groups in total. The highest BCUT2D eigenvalue weighted by Gasteiger charge is 2.20. The van der Waals surface area contributed by atoms with E-state index in [4.69, 9.17) is 0 Å². The number of para-hydroxylation sites is 2. The van der Waals surface area contributed by atoms with Crippen molar-refractivity contribution in [3.63, 3.8) is 0 Å². The molecule has 0 unspecified atom stereocenters. The van der Waals surface area contributed by atoms with Crippen LogP contribution < -0.4 is 0 Å². The van der Waals surface area contributed by atoms with Gasteiger partial charge in [0.1, 0.15) is 0 Å². The fourth-order valence-corrected chi connectivity index (χ4v) is 7.54. The predicted octanol–water partition coefficient (Wildman–Crippen LogP) is 10.8. The lowest BCUT2D eigenvalue weighted by molar-refractivity contribution is 1.12. The topological polar surface area (TPSA) is 9.86 Å². The molecule has 190 valence electrons. The first kappa shape index (κ1) is 23.1. The second-order valence-electron chi connectivity index (χ2n) is 10.2. The van der Waals surface area contributed by atoms with Crippen molar-refractivity contribution in [2.75, 3.05) is 0 Å². The van der Waals surface area contributed by atoms with Crippen molar-refractivity contribution in [3.05, 3.63) is 133 Å². The molecule has 0 aliphatic carbocycles. The zero-order valence-electron chi connectivity index (χ0n) is 22.1. The highest BCUT2D eigenvalue weighted by atomic mass is 32.1. The zero-order chi connectivity index (χ0) is 26.8. The lowest BCUT2D eigenvalue weighted by Crippen LogP contribution is -1.98. The maximum absolute atomic E-state index is 4.24. The summed E-state index contributed by atoms with van der Waals surface area (Å²) < 4.78 is 7.44. The molecular weight excluding hydrogens is 504 g/mol. The van der Waals surface area contributed by atoms with Crippen molar-refractivity contribution >= 4 is 76.4 Å². The Morgan fingerprint density at radius 2 is 1.30 bits per heavy atom. The average Bonchev–Trinajstić information content (AvgIpc) is 3.64. The molecule has 2 nitrogen and oxygen atoms in total. The van der Waals surface area contributed by atoms with Gasteiger partial charge in [-0.2, -0.15) is 0 Å². The van der Waals surface area contributed by atoms with E-state index in [1.807, 2.05) is 17.4 Å². The number of hydrogen-bond donors (Lipinski definition) is 0. The van der Waals surface area contributed by atoms with E-state index in [9.17, 15) is 0 Å². The number of fused-ring (bicyclic) bond motifs is 7. The van der Waals surface area contributed by atoms with Gasteiger partial charge in [-0.25, -0.2) is 0 Å². The van der Waals surface area contributed by atoms with Gasteiger partial charge in [0.25, 0.3) is 0 Å². The van der Waals surface area contributed by atoms with Gasteiger partial charge in [0.2, 0.25) is 0 Å². The van der Waals surface area contributed by atoms with E-state index in [0.29, 0.717) is 0 Å². The van der Waals surface area contributed by atoms with Crippen molar-refractivity contribution in [2.45, 2.75) is 6.92 Å². The number of aromatic nitrogens is 2. The first-order valence-corrected chi connectivity index (χ1v) is 14.4. The molecule has 0 bridgehead atoms. The molecule has 0 amide bonds. The molecule has 0 fully saturated rings. The predicted molar refractivity (Wildman–Crippen MR) is 175 cm³/mol. The van der Waals surface area contributed by atoms with Gasteiger partial charge in [0.15, 0.2) is 0 Å². The van der Waals surface area contributed by atoms with Crippen LogP contribution in [-0.2, 0) is 0 Å². The molecule has 0 radical (unpaired) electrons. The smallest absolute Gasteiger partial charge is 0.0562 e. The summed E-state index contributed by atoms with van der Waals surface area (Å²) in [6.45, 7) is 6.31. The van der Waals surface area contributed by atoms with Crippen molar-refractivity contribution in [1.82, 2.24) is 9.13 Å². The highest BCUT2D eigenvalue weighted by molar-refractivity contribution is 7.25. The Hall–Kier alpha value is -4.86. The van der Waals surface area contributed by atoms with Gasteiger partial charge >= 0.3 is 0 Å². The van der Waals surface area contributed by atoms with Crippen LogP contribution in [0.25, 0.3) is 76.4 Å². The largest absolute Gasteiger partial charge is 0.309 e. The Balaban J connectivity index is 1.48. The van der Waals surface area contributed by atoms with Crippen molar-refractivity contribution < 1.29 is 0 Å². The van der Waals surface area contributed by atoms with Crippen LogP contribution in [0.2, 0.25) is 0 Å². The number of allylic oxidation sites excluding steroid dienone is 1. The molecule has 0 saturated carbocycles. The highest BCUT2D eigenvalue weighted by Crippen LogP contribution is 2.41. The molecular formula is C37H26N2S. The molecule has 5 aromatic carbocycles. The van der Waals surface area contributed by atoms with Crippen LogP contribution in [0, 0.1) is 0 Å². The maximum Gasteiger partial charge on any atom is 0.0562 e. The molecule has 0 atom stereocenters.